The molecular weight excluding hydrogens is 250 g/mol. The highest BCUT2D eigenvalue weighted by molar-refractivity contribution is 5.90. The minimum atomic E-state index is -0.113. The van der Waals surface area contributed by atoms with Gasteiger partial charge in [0.15, 0.2) is 0 Å². The Hall–Kier alpha value is -2.20. The molecule has 1 unspecified atom stereocenters. The van der Waals surface area contributed by atoms with E-state index in [0.29, 0.717) is 18.5 Å². The lowest BCUT2D eigenvalue weighted by molar-refractivity contribution is -0.116. The van der Waals surface area contributed by atoms with Crippen molar-refractivity contribution in [2.75, 3.05) is 5.32 Å². The number of amides is 1. The van der Waals surface area contributed by atoms with Gasteiger partial charge in [-0.2, -0.15) is 0 Å². The van der Waals surface area contributed by atoms with Crippen molar-refractivity contribution in [1.29, 1.82) is 0 Å². The highest BCUT2D eigenvalue weighted by Gasteiger charge is 2.09. The predicted molar refractivity (Wildman–Crippen MR) is 80.2 cm³/mol. The minimum absolute atomic E-state index is 0.0398. The predicted octanol–water partition coefficient (Wildman–Crippen LogP) is 2.81. The summed E-state index contributed by atoms with van der Waals surface area (Å²) in [4.78, 5) is 16.0. The molecule has 104 valence electrons. The van der Waals surface area contributed by atoms with Gasteiger partial charge in [-0.05, 0) is 31.0 Å². The Morgan fingerprint density at radius 2 is 2.00 bits per heavy atom. The highest BCUT2D eigenvalue weighted by atomic mass is 16.1. The van der Waals surface area contributed by atoms with Crippen molar-refractivity contribution in [3.8, 4) is 0 Å². The number of rotatable bonds is 5. The van der Waals surface area contributed by atoms with Gasteiger partial charge in [0.1, 0.15) is 0 Å². The number of pyridine rings is 1. The molecule has 4 nitrogen and oxygen atoms in total. The van der Waals surface area contributed by atoms with E-state index in [1.807, 2.05) is 49.4 Å². The molecule has 0 saturated carbocycles. The lowest BCUT2D eigenvalue weighted by Gasteiger charge is -2.11. The summed E-state index contributed by atoms with van der Waals surface area (Å²) in [5.74, 6) is -0.0398. The van der Waals surface area contributed by atoms with Crippen LogP contribution in [-0.4, -0.2) is 10.9 Å². The van der Waals surface area contributed by atoms with Crippen molar-refractivity contribution in [1.82, 2.24) is 4.98 Å². The van der Waals surface area contributed by atoms with Crippen LogP contribution in [0.5, 0.6) is 0 Å². The number of nitrogens with one attached hydrogen (secondary N) is 1. The summed E-state index contributed by atoms with van der Waals surface area (Å²) in [6.45, 7) is 1.91. The zero-order valence-electron chi connectivity index (χ0n) is 11.5. The molecule has 0 aliphatic heterocycles. The Morgan fingerprint density at radius 1 is 1.25 bits per heavy atom. The molecule has 0 aliphatic rings. The van der Waals surface area contributed by atoms with Gasteiger partial charge in [0.2, 0.25) is 5.91 Å². The molecule has 2 aromatic rings. The van der Waals surface area contributed by atoms with Gasteiger partial charge < -0.3 is 11.1 Å². The number of carbonyl (C=O) groups is 1. The Labute approximate surface area is 119 Å². The highest BCUT2D eigenvalue weighted by Crippen LogP contribution is 2.15. The number of aromatic nitrogens is 1. The molecule has 0 spiro atoms. The van der Waals surface area contributed by atoms with Gasteiger partial charge in [-0.3, -0.25) is 9.78 Å². The normalized spacial score (nSPS) is 11.9. The first-order valence-electron chi connectivity index (χ1n) is 6.68. The van der Waals surface area contributed by atoms with Crippen LogP contribution >= 0.6 is 0 Å². The van der Waals surface area contributed by atoms with Crippen molar-refractivity contribution < 1.29 is 4.79 Å². The second-order valence-electron chi connectivity index (χ2n) is 4.79. The van der Waals surface area contributed by atoms with E-state index in [1.165, 1.54) is 0 Å². The first-order chi connectivity index (χ1) is 9.65. The average Bonchev–Trinajstić information content (AvgIpc) is 2.48. The van der Waals surface area contributed by atoms with Crippen molar-refractivity contribution in [2.24, 2.45) is 5.73 Å². The van der Waals surface area contributed by atoms with Gasteiger partial charge >= 0.3 is 0 Å². The number of nitrogens with zero attached hydrogens (tertiary/aromatic N) is 1. The topological polar surface area (TPSA) is 68.0 Å². The lowest BCUT2D eigenvalue weighted by atomic mass is 10.0. The quantitative estimate of drug-likeness (QED) is 0.877. The van der Waals surface area contributed by atoms with E-state index in [0.717, 1.165) is 11.3 Å². The number of anilines is 1. The van der Waals surface area contributed by atoms with E-state index < -0.39 is 0 Å². The number of nitrogens with two attached hydrogens (primary N) is 1. The maximum Gasteiger partial charge on any atom is 0.224 e. The van der Waals surface area contributed by atoms with Crippen LogP contribution < -0.4 is 11.1 Å². The van der Waals surface area contributed by atoms with E-state index in [9.17, 15) is 4.79 Å². The summed E-state index contributed by atoms with van der Waals surface area (Å²) in [5, 5.41) is 2.82. The molecule has 1 aromatic heterocycles. The molecule has 1 atom stereocenters. The average molecular weight is 269 g/mol. The van der Waals surface area contributed by atoms with Crippen LogP contribution in [0.3, 0.4) is 0 Å². The summed E-state index contributed by atoms with van der Waals surface area (Å²) >= 11 is 0. The molecule has 1 amide bonds. The first-order valence-corrected chi connectivity index (χ1v) is 6.68. The third-order valence-corrected chi connectivity index (χ3v) is 3.11. The Balaban J connectivity index is 1.82. The van der Waals surface area contributed by atoms with Gasteiger partial charge in [-0.15, -0.1) is 0 Å². The molecule has 0 fully saturated rings. The van der Waals surface area contributed by atoms with Crippen molar-refractivity contribution in [2.45, 2.75) is 25.8 Å². The van der Waals surface area contributed by atoms with Crippen LogP contribution in [0.4, 0.5) is 5.69 Å². The molecule has 0 radical (unpaired) electrons. The Bertz CT molecular complexity index is 552. The van der Waals surface area contributed by atoms with Gasteiger partial charge in [-0.1, -0.05) is 30.3 Å². The summed E-state index contributed by atoms with van der Waals surface area (Å²) < 4.78 is 0. The lowest BCUT2D eigenvalue weighted by Crippen LogP contribution is -2.16. The number of hydrogen-bond acceptors (Lipinski definition) is 3. The van der Waals surface area contributed by atoms with Crippen molar-refractivity contribution in [3.05, 3.63) is 59.9 Å². The maximum atomic E-state index is 11.8. The van der Waals surface area contributed by atoms with E-state index in [-0.39, 0.29) is 11.9 Å². The smallest absolute Gasteiger partial charge is 0.224 e. The van der Waals surface area contributed by atoms with Crippen LogP contribution in [0.15, 0.2) is 48.7 Å². The van der Waals surface area contributed by atoms with Gasteiger partial charge in [-0.25, -0.2) is 0 Å². The summed E-state index contributed by atoms with van der Waals surface area (Å²) in [6, 6.07) is 13.4. The molecule has 1 aromatic carbocycles. The Kier molecular flexibility index (Phi) is 4.85. The van der Waals surface area contributed by atoms with E-state index in [2.05, 4.69) is 10.3 Å². The molecule has 3 N–H and O–H groups in total. The third-order valence-electron chi connectivity index (χ3n) is 3.11. The van der Waals surface area contributed by atoms with Crippen LogP contribution in [-0.2, 0) is 4.79 Å². The first kappa shape index (κ1) is 14.2. The van der Waals surface area contributed by atoms with Gasteiger partial charge in [0, 0.05) is 18.2 Å². The third kappa shape index (κ3) is 4.17. The number of aryl methyl sites for hydroxylation is 1. The number of carbonyl (C=O) groups excluding carboxylic acids is 1. The molecule has 20 heavy (non-hydrogen) atoms. The maximum absolute atomic E-state index is 11.8. The zero-order valence-corrected chi connectivity index (χ0v) is 11.5. The molecule has 0 bridgehead atoms. The standard InChI is InChI=1S/C16H19N3O/c1-12-7-8-14(11-18-12)19-16(20)10-9-15(17)13-5-3-2-4-6-13/h2-8,11,15H,9-10,17H2,1H3,(H,19,20). The van der Waals surface area contributed by atoms with Gasteiger partial charge in [0.05, 0.1) is 11.9 Å². The number of hydrogen-bond donors (Lipinski definition) is 2. The SMILES string of the molecule is Cc1ccc(NC(=O)CCC(N)c2ccccc2)cn1. The molecule has 1 heterocycles. The Morgan fingerprint density at radius 3 is 2.65 bits per heavy atom. The largest absolute Gasteiger partial charge is 0.325 e. The fourth-order valence-corrected chi connectivity index (χ4v) is 1.92. The molecule has 4 heteroatoms. The van der Waals surface area contributed by atoms with Crippen LogP contribution in [0.2, 0.25) is 0 Å². The summed E-state index contributed by atoms with van der Waals surface area (Å²) in [7, 11) is 0. The zero-order chi connectivity index (χ0) is 14.4. The second-order valence-corrected chi connectivity index (χ2v) is 4.79. The van der Waals surface area contributed by atoms with E-state index in [4.69, 9.17) is 5.73 Å². The summed E-state index contributed by atoms with van der Waals surface area (Å²) in [6.07, 6.45) is 2.67. The molecular formula is C16H19N3O. The van der Waals surface area contributed by atoms with E-state index >= 15 is 0 Å². The second kappa shape index (κ2) is 6.82. The minimum Gasteiger partial charge on any atom is -0.325 e. The van der Waals surface area contributed by atoms with Gasteiger partial charge in [0.25, 0.3) is 0 Å². The van der Waals surface area contributed by atoms with Crippen LogP contribution in [0.25, 0.3) is 0 Å². The van der Waals surface area contributed by atoms with E-state index in [1.54, 1.807) is 6.20 Å². The molecule has 0 aliphatic carbocycles. The monoisotopic (exact) mass is 269 g/mol. The summed E-state index contributed by atoms with van der Waals surface area (Å²) in [5.41, 5.74) is 8.76. The van der Waals surface area contributed by atoms with Crippen molar-refractivity contribution in [3.63, 3.8) is 0 Å². The fourth-order valence-electron chi connectivity index (χ4n) is 1.92. The molecule has 2 rings (SSSR count). The van der Waals surface area contributed by atoms with Crippen molar-refractivity contribution >= 4 is 11.6 Å². The van der Waals surface area contributed by atoms with Crippen LogP contribution in [0, 0.1) is 6.92 Å². The fraction of sp³-hybridized carbons (Fsp3) is 0.250. The molecule has 0 saturated heterocycles. The van der Waals surface area contributed by atoms with Crippen LogP contribution in [0.1, 0.15) is 30.1 Å². The number of benzene rings is 1.